The molecule has 1 aromatic carbocycles. The minimum atomic E-state index is -3.08. The van der Waals surface area contributed by atoms with Gasteiger partial charge in [-0.25, -0.2) is 8.42 Å². The summed E-state index contributed by atoms with van der Waals surface area (Å²) in [4.78, 5) is 0.908. The Morgan fingerprint density at radius 2 is 2.18 bits per heavy atom. The number of thioether (sulfide) groups is 1. The third-order valence-corrected chi connectivity index (χ3v) is 5.84. The molecule has 0 amide bonds. The Morgan fingerprint density at radius 1 is 1.41 bits per heavy atom. The fourth-order valence-electron chi connectivity index (χ4n) is 1.76. The highest BCUT2D eigenvalue weighted by molar-refractivity contribution is 8.02. The van der Waals surface area contributed by atoms with Crippen LogP contribution in [0.1, 0.15) is 0 Å². The van der Waals surface area contributed by atoms with Gasteiger partial charge in [0, 0.05) is 4.90 Å². The molecule has 6 heteroatoms. The van der Waals surface area contributed by atoms with Crippen molar-refractivity contribution in [3.63, 3.8) is 0 Å². The summed E-state index contributed by atoms with van der Waals surface area (Å²) in [6.45, 7) is 0. The van der Waals surface area contributed by atoms with E-state index in [1.165, 1.54) is 11.8 Å². The zero-order chi connectivity index (χ0) is 12.5. The topological polar surface area (TPSA) is 63.6 Å². The largest absolute Gasteiger partial charge is 0.497 e. The van der Waals surface area contributed by atoms with Crippen molar-refractivity contribution in [1.29, 1.82) is 0 Å². The van der Waals surface area contributed by atoms with Crippen molar-refractivity contribution < 1.29 is 18.3 Å². The van der Waals surface area contributed by atoms with Crippen molar-refractivity contribution in [3.8, 4) is 5.75 Å². The second kappa shape index (κ2) is 4.88. The highest BCUT2D eigenvalue weighted by Crippen LogP contribution is 2.32. The average Bonchev–Trinajstić information content (AvgIpc) is 2.52. The van der Waals surface area contributed by atoms with Gasteiger partial charge in [-0.2, -0.15) is 0 Å². The zero-order valence-electron chi connectivity index (χ0n) is 9.37. The molecule has 1 aromatic rings. The van der Waals surface area contributed by atoms with E-state index in [1.54, 1.807) is 7.11 Å². The number of hydrogen-bond acceptors (Lipinski definition) is 5. The van der Waals surface area contributed by atoms with E-state index in [9.17, 15) is 13.5 Å². The van der Waals surface area contributed by atoms with Crippen molar-refractivity contribution in [2.24, 2.45) is 0 Å². The van der Waals surface area contributed by atoms with Crippen LogP contribution in [0.2, 0.25) is 0 Å². The van der Waals surface area contributed by atoms with E-state index in [4.69, 9.17) is 4.74 Å². The third-order valence-electron chi connectivity index (χ3n) is 2.60. The molecular formula is C11H14O4S2. The third kappa shape index (κ3) is 3.14. The summed E-state index contributed by atoms with van der Waals surface area (Å²) in [5.41, 5.74) is 0. The van der Waals surface area contributed by atoms with E-state index in [1.807, 2.05) is 24.3 Å². The molecule has 0 aromatic heterocycles. The molecule has 0 spiro atoms. The van der Waals surface area contributed by atoms with Crippen molar-refractivity contribution in [2.75, 3.05) is 18.6 Å². The number of rotatable bonds is 3. The first kappa shape index (κ1) is 12.7. The molecule has 0 bridgehead atoms. The number of aliphatic hydroxyl groups excluding tert-OH is 1. The molecule has 1 fully saturated rings. The average molecular weight is 274 g/mol. The van der Waals surface area contributed by atoms with Gasteiger partial charge in [-0.05, 0) is 18.2 Å². The molecule has 1 aliphatic heterocycles. The minimum absolute atomic E-state index is 0.0377. The van der Waals surface area contributed by atoms with Crippen LogP contribution in [-0.2, 0) is 9.84 Å². The molecule has 1 saturated heterocycles. The molecule has 2 atom stereocenters. The number of sulfone groups is 1. The fraction of sp³-hybridized carbons (Fsp3) is 0.455. The molecule has 94 valence electrons. The van der Waals surface area contributed by atoms with Crippen molar-refractivity contribution >= 4 is 21.6 Å². The second-order valence-corrected chi connectivity index (χ2v) is 7.45. The maximum Gasteiger partial charge on any atom is 0.154 e. The summed E-state index contributed by atoms with van der Waals surface area (Å²) >= 11 is 1.38. The van der Waals surface area contributed by atoms with Gasteiger partial charge in [0.1, 0.15) is 5.75 Å². The maximum atomic E-state index is 11.4. The Balaban J connectivity index is 2.11. The second-order valence-electron chi connectivity index (χ2n) is 3.98. The molecule has 17 heavy (non-hydrogen) atoms. The predicted octanol–water partition coefficient (Wildman–Crippen LogP) is 0.945. The Kier molecular flexibility index (Phi) is 3.65. The van der Waals surface area contributed by atoms with Gasteiger partial charge in [0.15, 0.2) is 9.84 Å². The number of benzene rings is 1. The first-order valence-electron chi connectivity index (χ1n) is 5.19. The van der Waals surface area contributed by atoms with Crippen LogP contribution in [0, 0.1) is 0 Å². The first-order valence-corrected chi connectivity index (χ1v) is 7.89. The zero-order valence-corrected chi connectivity index (χ0v) is 11.0. The minimum Gasteiger partial charge on any atom is -0.497 e. The highest BCUT2D eigenvalue weighted by atomic mass is 32.2. The van der Waals surface area contributed by atoms with Crippen LogP contribution in [0.5, 0.6) is 5.75 Å². The van der Waals surface area contributed by atoms with Gasteiger partial charge in [0.2, 0.25) is 0 Å². The number of ether oxygens (including phenoxy) is 1. The molecule has 1 N–H and O–H groups in total. The Labute approximate surface area is 105 Å². The van der Waals surface area contributed by atoms with Crippen molar-refractivity contribution in [2.45, 2.75) is 16.2 Å². The number of aliphatic hydroxyl groups is 1. The van der Waals surface area contributed by atoms with E-state index in [0.717, 1.165) is 10.6 Å². The van der Waals surface area contributed by atoms with Gasteiger partial charge in [-0.1, -0.05) is 6.07 Å². The van der Waals surface area contributed by atoms with Gasteiger partial charge in [-0.3, -0.25) is 0 Å². The van der Waals surface area contributed by atoms with E-state index < -0.39 is 15.9 Å². The van der Waals surface area contributed by atoms with Crippen LogP contribution in [0.15, 0.2) is 29.2 Å². The van der Waals surface area contributed by atoms with Crippen LogP contribution in [0.3, 0.4) is 0 Å². The molecule has 0 aliphatic carbocycles. The van der Waals surface area contributed by atoms with E-state index in [0.29, 0.717) is 0 Å². The predicted molar refractivity (Wildman–Crippen MR) is 67.3 cm³/mol. The lowest BCUT2D eigenvalue weighted by molar-refractivity contribution is 0.207. The fourth-order valence-corrected chi connectivity index (χ4v) is 5.33. The highest BCUT2D eigenvalue weighted by Gasteiger charge is 2.36. The summed E-state index contributed by atoms with van der Waals surface area (Å²) in [7, 11) is -1.50. The van der Waals surface area contributed by atoms with E-state index >= 15 is 0 Å². The summed E-state index contributed by atoms with van der Waals surface area (Å²) in [6.07, 6.45) is -0.781. The molecule has 0 radical (unpaired) electrons. The van der Waals surface area contributed by atoms with Gasteiger partial charge in [-0.15, -0.1) is 11.8 Å². The smallest absolute Gasteiger partial charge is 0.154 e. The lowest BCUT2D eigenvalue weighted by Crippen LogP contribution is -2.19. The van der Waals surface area contributed by atoms with E-state index in [2.05, 4.69) is 0 Å². The van der Waals surface area contributed by atoms with Crippen LogP contribution in [0.25, 0.3) is 0 Å². The molecule has 0 saturated carbocycles. The monoisotopic (exact) mass is 274 g/mol. The van der Waals surface area contributed by atoms with Gasteiger partial charge in [0.25, 0.3) is 0 Å². The summed E-state index contributed by atoms with van der Waals surface area (Å²) in [5.74, 6) is 0.635. The van der Waals surface area contributed by atoms with E-state index in [-0.39, 0.29) is 16.8 Å². The lowest BCUT2D eigenvalue weighted by atomic mass is 10.3. The van der Waals surface area contributed by atoms with Gasteiger partial charge < -0.3 is 9.84 Å². The summed E-state index contributed by atoms with van der Waals surface area (Å²) in [5, 5.41) is 9.40. The molecule has 1 heterocycles. The first-order chi connectivity index (χ1) is 8.00. The normalized spacial score (nSPS) is 26.9. The number of methoxy groups -OCH3 is 1. The van der Waals surface area contributed by atoms with Crippen LogP contribution in [0.4, 0.5) is 0 Å². The Hall–Kier alpha value is -0.720. The standard InChI is InChI=1S/C11H14O4S2/c1-15-8-3-2-4-9(5-8)16-11-7-17(13,14)6-10(11)12/h2-5,10-12H,6-7H2,1H3. The molecule has 2 unspecified atom stereocenters. The summed E-state index contributed by atoms with van der Waals surface area (Å²) < 4.78 is 27.8. The SMILES string of the molecule is COc1cccc(SC2CS(=O)(=O)CC2O)c1. The lowest BCUT2D eigenvalue weighted by Gasteiger charge is -2.12. The van der Waals surface area contributed by atoms with Crippen LogP contribution < -0.4 is 4.74 Å². The van der Waals surface area contributed by atoms with Crippen LogP contribution in [-0.4, -0.2) is 43.5 Å². The molecular weight excluding hydrogens is 260 g/mol. The Morgan fingerprint density at radius 3 is 2.76 bits per heavy atom. The van der Waals surface area contributed by atoms with Crippen LogP contribution >= 0.6 is 11.8 Å². The van der Waals surface area contributed by atoms with Crippen molar-refractivity contribution in [1.82, 2.24) is 0 Å². The van der Waals surface area contributed by atoms with Gasteiger partial charge in [0.05, 0.1) is 30.0 Å². The Bertz CT molecular complexity index is 498. The summed E-state index contributed by atoms with van der Waals surface area (Å²) in [6, 6.07) is 7.38. The molecule has 2 rings (SSSR count). The van der Waals surface area contributed by atoms with Gasteiger partial charge >= 0.3 is 0 Å². The molecule has 4 nitrogen and oxygen atoms in total. The number of hydrogen-bond donors (Lipinski definition) is 1. The molecule has 1 aliphatic rings. The quantitative estimate of drug-likeness (QED) is 0.889. The maximum absolute atomic E-state index is 11.4. The van der Waals surface area contributed by atoms with Crippen molar-refractivity contribution in [3.05, 3.63) is 24.3 Å².